The molecule has 1 aliphatic heterocycles. The number of aryl methyl sites for hydroxylation is 1. The summed E-state index contributed by atoms with van der Waals surface area (Å²) in [5.41, 5.74) is 0.209. The molecule has 1 aliphatic carbocycles. The first-order chi connectivity index (χ1) is 7.59. The fraction of sp³-hybridized carbons (Fsp3) is 0.818. The summed E-state index contributed by atoms with van der Waals surface area (Å²) in [4.78, 5) is 4.37. The Morgan fingerprint density at radius 2 is 2.31 bits per heavy atom. The van der Waals surface area contributed by atoms with Crippen LogP contribution in [0.5, 0.6) is 0 Å². The Hall–Kier alpha value is -0.680. The summed E-state index contributed by atoms with van der Waals surface area (Å²) >= 11 is 1.45. The van der Waals surface area contributed by atoms with Crippen LogP contribution in [-0.4, -0.2) is 28.1 Å². The Morgan fingerprint density at radius 3 is 3.00 bits per heavy atom. The molecule has 1 aromatic heterocycles. The lowest BCUT2D eigenvalue weighted by Gasteiger charge is -2.54. The van der Waals surface area contributed by atoms with Crippen LogP contribution in [0.3, 0.4) is 0 Å². The smallest absolute Gasteiger partial charge is 0.202 e. The normalized spacial score (nSPS) is 35.6. The number of ether oxygens (including phenoxy) is 1. The summed E-state index contributed by atoms with van der Waals surface area (Å²) < 4.78 is 9.97. The molecule has 0 bridgehead atoms. The van der Waals surface area contributed by atoms with Crippen LogP contribution in [0, 0.1) is 18.3 Å². The minimum absolute atomic E-state index is 0.209. The van der Waals surface area contributed by atoms with Crippen LogP contribution in [0.4, 0.5) is 5.13 Å². The average Bonchev–Trinajstić information content (AvgIpc) is 2.81. The number of nitrogens with one attached hydrogen (secondary N) is 1. The van der Waals surface area contributed by atoms with E-state index in [1.54, 1.807) is 0 Å². The van der Waals surface area contributed by atoms with Gasteiger partial charge in [-0.25, -0.2) is 4.98 Å². The van der Waals surface area contributed by atoms with E-state index in [1.807, 2.05) is 6.92 Å². The highest BCUT2D eigenvalue weighted by atomic mass is 32.1. The van der Waals surface area contributed by atoms with Gasteiger partial charge in [-0.15, -0.1) is 0 Å². The van der Waals surface area contributed by atoms with Crippen LogP contribution < -0.4 is 5.32 Å². The van der Waals surface area contributed by atoms with Gasteiger partial charge in [0.15, 0.2) is 0 Å². The molecule has 1 saturated heterocycles. The molecular formula is C11H17N3OS. The molecule has 3 atom stereocenters. The van der Waals surface area contributed by atoms with E-state index in [9.17, 15) is 0 Å². The lowest BCUT2D eigenvalue weighted by atomic mass is 9.57. The summed E-state index contributed by atoms with van der Waals surface area (Å²) in [5, 5.41) is 4.47. The largest absolute Gasteiger partial charge is 0.377 e. The zero-order valence-corrected chi connectivity index (χ0v) is 10.7. The van der Waals surface area contributed by atoms with Crippen LogP contribution >= 0.6 is 11.5 Å². The molecule has 0 unspecified atom stereocenters. The van der Waals surface area contributed by atoms with E-state index in [0.29, 0.717) is 18.1 Å². The first-order valence-corrected chi connectivity index (χ1v) is 6.55. The van der Waals surface area contributed by atoms with Crippen molar-refractivity contribution in [2.24, 2.45) is 11.3 Å². The van der Waals surface area contributed by atoms with Crippen molar-refractivity contribution in [2.45, 2.75) is 39.3 Å². The zero-order valence-electron chi connectivity index (χ0n) is 9.86. The lowest BCUT2D eigenvalue weighted by molar-refractivity contribution is -0.0923. The molecule has 16 heavy (non-hydrogen) atoms. The Balaban J connectivity index is 1.75. The van der Waals surface area contributed by atoms with Crippen LogP contribution in [-0.2, 0) is 4.74 Å². The van der Waals surface area contributed by atoms with Gasteiger partial charge in [0.05, 0.1) is 6.10 Å². The first-order valence-electron chi connectivity index (χ1n) is 5.77. The summed E-state index contributed by atoms with van der Waals surface area (Å²) in [6, 6.07) is 0.479. The fourth-order valence-corrected chi connectivity index (χ4v) is 3.72. The van der Waals surface area contributed by atoms with Gasteiger partial charge < -0.3 is 10.1 Å². The maximum Gasteiger partial charge on any atom is 0.202 e. The second-order valence-corrected chi connectivity index (χ2v) is 6.09. The van der Waals surface area contributed by atoms with Crippen LogP contribution in [0.25, 0.3) is 0 Å². The zero-order chi connectivity index (χ0) is 11.3. The topological polar surface area (TPSA) is 47.0 Å². The number of fused-ring (bicyclic) bond motifs is 1. The highest BCUT2D eigenvalue weighted by Gasteiger charge is 2.59. The predicted molar refractivity (Wildman–Crippen MR) is 63.7 cm³/mol. The number of hydrogen-bond donors (Lipinski definition) is 1. The third kappa shape index (κ3) is 1.38. The summed E-state index contributed by atoms with van der Waals surface area (Å²) in [6.07, 6.45) is 1.60. The minimum atomic E-state index is 0.209. The van der Waals surface area contributed by atoms with Crippen molar-refractivity contribution in [3.8, 4) is 0 Å². The summed E-state index contributed by atoms with van der Waals surface area (Å²) in [7, 11) is 0. The van der Waals surface area contributed by atoms with E-state index in [2.05, 4.69) is 28.5 Å². The standard InChI is InChI=1S/C11H17N3OS/c1-6-12-10(16-14-6)13-8-7-4-5-15-9(7)11(8,2)3/h7-9H,4-5H2,1-3H3,(H,12,13,14)/t7-,8+,9+/m1/s1. The van der Waals surface area contributed by atoms with Gasteiger partial charge in [-0.05, 0) is 13.3 Å². The molecule has 2 heterocycles. The van der Waals surface area contributed by atoms with Gasteiger partial charge >= 0.3 is 0 Å². The molecule has 3 rings (SSSR count). The molecule has 1 saturated carbocycles. The van der Waals surface area contributed by atoms with Crippen LogP contribution in [0.15, 0.2) is 0 Å². The van der Waals surface area contributed by atoms with Crippen LogP contribution in [0.1, 0.15) is 26.1 Å². The molecule has 1 aromatic rings. The van der Waals surface area contributed by atoms with E-state index >= 15 is 0 Å². The van der Waals surface area contributed by atoms with Gasteiger partial charge in [0.1, 0.15) is 5.82 Å². The summed E-state index contributed by atoms with van der Waals surface area (Å²) in [6.45, 7) is 7.37. The Bertz CT molecular complexity index is 404. The van der Waals surface area contributed by atoms with E-state index in [-0.39, 0.29) is 5.41 Å². The van der Waals surface area contributed by atoms with Gasteiger partial charge in [-0.3, -0.25) is 0 Å². The van der Waals surface area contributed by atoms with Gasteiger partial charge in [0, 0.05) is 35.5 Å². The molecule has 0 radical (unpaired) electrons. The van der Waals surface area contributed by atoms with Gasteiger partial charge in [0.2, 0.25) is 5.13 Å². The van der Waals surface area contributed by atoms with Gasteiger partial charge in [-0.1, -0.05) is 13.8 Å². The van der Waals surface area contributed by atoms with Crippen molar-refractivity contribution in [3.63, 3.8) is 0 Å². The second kappa shape index (κ2) is 3.40. The molecule has 1 N–H and O–H groups in total. The molecule has 5 heteroatoms. The summed E-state index contributed by atoms with van der Waals surface area (Å²) in [5.74, 6) is 1.50. The molecule has 2 fully saturated rings. The van der Waals surface area contributed by atoms with Crippen molar-refractivity contribution in [2.75, 3.05) is 11.9 Å². The molecule has 2 aliphatic rings. The van der Waals surface area contributed by atoms with E-state index in [1.165, 1.54) is 18.0 Å². The second-order valence-electron chi connectivity index (χ2n) is 5.33. The molecule has 0 aromatic carbocycles. The van der Waals surface area contributed by atoms with E-state index in [0.717, 1.165) is 17.6 Å². The van der Waals surface area contributed by atoms with Crippen molar-refractivity contribution in [3.05, 3.63) is 5.82 Å². The number of anilines is 1. The van der Waals surface area contributed by atoms with E-state index < -0.39 is 0 Å². The van der Waals surface area contributed by atoms with Gasteiger partial charge in [-0.2, -0.15) is 4.37 Å². The van der Waals surface area contributed by atoms with Crippen molar-refractivity contribution in [1.82, 2.24) is 9.36 Å². The fourth-order valence-electron chi connectivity index (χ4n) is 3.11. The molecule has 88 valence electrons. The monoisotopic (exact) mass is 239 g/mol. The maximum absolute atomic E-state index is 5.77. The predicted octanol–water partition coefficient (Wildman–Crippen LogP) is 2.07. The van der Waals surface area contributed by atoms with Crippen molar-refractivity contribution < 1.29 is 4.74 Å². The maximum atomic E-state index is 5.77. The molecular weight excluding hydrogens is 222 g/mol. The van der Waals surface area contributed by atoms with Crippen molar-refractivity contribution >= 4 is 16.7 Å². The SMILES string of the molecule is Cc1nsc(N[C@H]2[C@H]3CCO[C@@H]3C2(C)C)n1. The average molecular weight is 239 g/mol. The number of aromatic nitrogens is 2. The van der Waals surface area contributed by atoms with Crippen molar-refractivity contribution in [1.29, 1.82) is 0 Å². The third-order valence-electron chi connectivity index (χ3n) is 3.91. The third-order valence-corrected chi connectivity index (χ3v) is 4.64. The molecule has 4 nitrogen and oxygen atoms in total. The quantitative estimate of drug-likeness (QED) is 0.858. The van der Waals surface area contributed by atoms with Crippen LogP contribution in [0.2, 0.25) is 0 Å². The number of hydrogen-bond acceptors (Lipinski definition) is 5. The Morgan fingerprint density at radius 1 is 1.50 bits per heavy atom. The highest BCUT2D eigenvalue weighted by Crippen LogP contribution is 2.53. The first kappa shape index (κ1) is 10.5. The number of nitrogens with zero attached hydrogens (tertiary/aromatic N) is 2. The lowest BCUT2D eigenvalue weighted by Crippen LogP contribution is -2.63. The molecule has 0 amide bonds. The number of rotatable bonds is 2. The molecule has 0 spiro atoms. The minimum Gasteiger partial charge on any atom is -0.377 e. The Labute approximate surface area is 99.6 Å². The Kier molecular flexibility index (Phi) is 2.23. The highest BCUT2D eigenvalue weighted by molar-refractivity contribution is 7.09. The van der Waals surface area contributed by atoms with Gasteiger partial charge in [0.25, 0.3) is 0 Å². The van der Waals surface area contributed by atoms with E-state index in [4.69, 9.17) is 4.74 Å².